The number of halogens is 2. The van der Waals surface area contributed by atoms with Gasteiger partial charge in [0, 0.05) is 4.48 Å². The third-order valence-corrected chi connectivity index (χ3v) is 3.89. The molecule has 0 bridgehead atoms. The van der Waals surface area contributed by atoms with Crippen LogP contribution >= 0.6 is 27.5 Å². The molecule has 23 heavy (non-hydrogen) atoms. The van der Waals surface area contributed by atoms with Gasteiger partial charge in [0.1, 0.15) is 0 Å². The molecule has 0 unspecified atom stereocenters. The zero-order valence-electron chi connectivity index (χ0n) is 11.9. The van der Waals surface area contributed by atoms with E-state index in [0.717, 1.165) is 10.0 Å². The molecule has 0 atom stereocenters. The predicted octanol–water partition coefficient (Wildman–Crippen LogP) is 4.96. The van der Waals surface area contributed by atoms with Gasteiger partial charge in [0.2, 0.25) is 5.90 Å². The first-order valence-corrected chi connectivity index (χ1v) is 8.00. The van der Waals surface area contributed by atoms with E-state index in [9.17, 15) is 4.79 Å². The first-order chi connectivity index (χ1) is 11.1. The fourth-order valence-corrected chi connectivity index (χ4v) is 2.74. The normalized spacial score (nSPS) is 16.4. The molecule has 114 valence electrons. The van der Waals surface area contributed by atoms with E-state index in [1.54, 1.807) is 24.3 Å². The van der Waals surface area contributed by atoms with Crippen molar-refractivity contribution < 1.29 is 9.53 Å². The molecule has 0 saturated heterocycles. The Morgan fingerprint density at radius 2 is 1.78 bits per heavy atom. The number of carbonyl (C=O) groups is 1. The molecule has 3 rings (SSSR count). The standard InChI is InChI=1S/C18H11BrClNO2/c19-13(10-12-6-2-1-3-7-12)11-16-18(22)23-17(21-16)14-8-4-5-9-15(14)20/h1-11H. The number of hydrogen-bond donors (Lipinski definition) is 0. The van der Waals surface area contributed by atoms with Gasteiger partial charge < -0.3 is 4.74 Å². The van der Waals surface area contributed by atoms with Crippen molar-refractivity contribution in [3.05, 3.63) is 87.0 Å². The summed E-state index contributed by atoms with van der Waals surface area (Å²) >= 11 is 9.52. The second kappa shape index (κ2) is 6.94. The predicted molar refractivity (Wildman–Crippen MR) is 95.5 cm³/mol. The highest BCUT2D eigenvalue weighted by Gasteiger charge is 2.25. The van der Waals surface area contributed by atoms with Gasteiger partial charge >= 0.3 is 5.97 Å². The van der Waals surface area contributed by atoms with Gasteiger partial charge in [-0.3, -0.25) is 0 Å². The Kier molecular flexibility index (Phi) is 4.74. The van der Waals surface area contributed by atoms with Gasteiger partial charge in [-0.15, -0.1) is 0 Å². The third-order valence-electron chi connectivity index (χ3n) is 3.10. The number of cyclic esters (lactones) is 1. The maximum atomic E-state index is 12.0. The lowest BCUT2D eigenvalue weighted by molar-refractivity contribution is -0.130. The van der Waals surface area contributed by atoms with E-state index in [2.05, 4.69) is 20.9 Å². The Morgan fingerprint density at radius 1 is 1.09 bits per heavy atom. The number of allylic oxidation sites excluding steroid dienone is 2. The van der Waals surface area contributed by atoms with Crippen molar-refractivity contribution in [3.63, 3.8) is 0 Å². The van der Waals surface area contributed by atoms with Crippen LogP contribution in [0.4, 0.5) is 0 Å². The zero-order valence-corrected chi connectivity index (χ0v) is 14.2. The molecule has 5 heteroatoms. The Morgan fingerprint density at radius 3 is 2.52 bits per heavy atom. The van der Waals surface area contributed by atoms with Gasteiger partial charge in [-0.2, -0.15) is 0 Å². The summed E-state index contributed by atoms with van der Waals surface area (Å²) in [5.74, 6) is -0.287. The maximum absolute atomic E-state index is 12.0. The minimum atomic E-state index is -0.502. The molecular weight excluding hydrogens is 378 g/mol. The van der Waals surface area contributed by atoms with E-state index >= 15 is 0 Å². The van der Waals surface area contributed by atoms with E-state index in [-0.39, 0.29) is 11.6 Å². The van der Waals surface area contributed by atoms with E-state index in [1.807, 2.05) is 42.5 Å². The van der Waals surface area contributed by atoms with Gasteiger partial charge in [-0.05, 0) is 29.8 Å². The van der Waals surface area contributed by atoms with Crippen LogP contribution in [0.1, 0.15) is 11.1 Å². The van der Waals surface area contributed by atoms with Crippen molar-refractivity contribution in [2.45, 2.75) is 0 Å². The minimum absolute atomic E-state index is 0.215. The van der Waals surface area contributed by atoms with Crippen LogP contribution in [-0.2, 0) is 9.53 Å². The number of benzene rings is 2. The molecule has 2 aromatic carbocycles. The average molecular weight is 389 g/mol. The third kappa shape index (κ3) is 3.78. The molecule has 0 fully saturated rings. The van der Waals surface area contributed by atoms with Crippen molar-refractivity contribution >= 4 is 45.5 Å². The lowest BCUT2D eigenvalue weighted by atomic mass is 10.2. The lowest BCUT2D eigenvalue weighted by Crippen LogP contribution is -2.05. The Hall–Kier alpha value is -2.17. The maximum Gasteiger partial charge on any atom is 0.363 e. The second-order valence-corrected chi connectivity index (χ2v) is 6.08. The zero-order chi connectivity index (χ0) is 16.2. The molecule has 1 heterocycles. The molecule has 2 aromatic rings. The van der Waals surface area contributed by atoms with Gasteiger partial charge in [0.25, 0.3) is 0 Å². The summed E-state index contributed by atoms with van der Waals surface area (Å²) in [6, 6.07) is 16.8. The van der Waals surface area contributed by atoms with E-state index in [1.165, 1.54) is 0 Å². The molecule has 1 aliphatic heterocycles. The number of ether oxygens (including phenoxy) is 1. The molecule has 0 spiro atoms. The summed E-state index contributed by atoms with van der Waals surface area (Å²) in [6.07, 6.45) is 3.52. The number of carbonyl (C=O) groups excluding carboxylic acids is 1. The smallest absolute Gasteiger partial charge is 0.363 e. The molecule has 0 saturated carbocycles. The van der Waals surface area contributed by atoms with E-state index < -0.39 is 5.97 Å². The van der Waals surface area contributed by atoms with Gasteiger partial charge in [-0.1, -0.05) is 70.0 Å². The van der Waals surface area contributed by atoms with Gasteiger partial charge in [0.05, 0.1) is 10.6 Å². The highest BCUT2D eigenvalue weighted by atomic mass is 79.9. The van der Waals surface area contributed by atoms with Crippen LogP contribution in [0.5, 0.6) is 0 Å². The van der Waals surface area contributed by atoms with Gasteiger partial charge in [0.15, 0.2) is 5.70 Å². The van der Waals surface area contributed by atoms with Crippen LogP contribution in [0, 0.1) is 0 Å². The molecule has 3 nitrogen and oxygen atoms in total. The largest absolute Gasteiger partial charge is 0.402 e. The SMILES string of the molecule is O=C1OC(c2ccccc2Cl)=NC1=CC(Br)=Cc1ccccc1. The summed E-state index contributed by atoms with van der Waals surface area (Å²) in [6.45, 7) is 0. The Balaban J connectivity index is 1.89. The molecule has 0 aromatic heterocycles. The molecular formula is C18H11BrClNO2. The monoisotopic (exact) mass is 387 g/mol. The summed E-state index contributed by atoms with van der Waals surface area (Å²) in [7, 11) is 0. The van der Waals surface area contributed by atoms with E-state index in [4.69, 9.17) is 16.3 Å². The first-order valence-electron chi connectivity index (χ1n) is 6.83. The summed E-state index contributed by atoms with van der Waals surface area (Å²) in [5.41, 5.74) is 1.82. The van der Waals surface area contributed by atoms with Gasteiger partial charge in [-0.25, -0.2) is 9.79 Å². The number of hydrogen-bond acceptors (Lipinski definition) is 3. The van der Waals surface area contributed by atoms with Crippen LogP contribution in [0.3, 0.4) is 0 Å². The van der Waals surface area contributed by atoms with Crippen LogP contribution in [0.2, 0.25) is 5.02 Å². The highest BCUT2D eigenvalue weighted by molar-refractivity contribution is 9.12. The lowest BCUT2D eigenvalue weighted by Gasteiger charge is -2.00. The topological polar surface area (TPSA) is 38.7 Å². The van der Waals surface area contributed by atoms with Crippen molar-refractivity contribution in [3.8, 4) is 0 Å². The summed E-state index contributed by atoms with van der Waals surface area (Å²) < 4.78 is 5.92. The summed E-state index contributed by atoms with van der Waals surface area (Å²) in [4.78, 5) is 16.2. The number of aliphatic imine (C=N–C) groups is 1. The number of esters is 1. The first kappa shape index (κ1) is 15.7. The van der Waals surface area contributed by atoms with Crippen molar-refractivity contribution in [1.29, 1.82) is 0 Å². The highest BCUT2D eigenvalue weighted by Crippen LogP contribution is 2.24. The van der Waals surface area contributed by atoms with E-state index in [0.29, 0.717) is 10.6 Å². The molecule has 1 aliphatic rings. The number of nitrogens with zero attached hydrogens (tertiary/aromatic N) is 1. The van der Waals surface area contributed by atoms with Crippen LogP contribution in [0.25, 0.3) is 6.08 Å². The fourth-order valence-electron chi connectivity index (χ4n) is 2.04. The number of rotatable bonds is 3. The van der Waals surface area contributed by atoms with Crippen molar-refractivity contribution in [2.24, 2.45) is 4.99 Å². The molecule has 0 aliphatic carbocycles. The average Bonchev–Trinajstić information content (AvgIpc) is 2.89. The van der Waals surface area contributed by atoms with Crippen LogP contribution in [-0.4, -0.2) is 11.9 Å². The van der Waals surface area contributed by atoms with Crippen LogP contribution < -0.4 is 0 Å². The Bertz CT molecular complexity index is 841. The fraction of sp³-hybridized carbons (Fsp3) is 0. The summed E-state index contributed by atoms with van der Waals surface area (Å²) in [5, 5.41) is 0.485. The van der Waals surface area contributed by atoms with Crippen LogP contribution in [0.15, 0.2) is 75.8 Å². The molecule has 0 amide bonds. The second-order valence-electron chi connectivity index (χ2n) is 4.76. The van der Waals surface area contributed by atoms with Crippen molar-refractivity contribution in [2.75, 3.05) is 0 Å². The van der Waals surface area contributed by atoms with Crippen molar-refractivity contribution in [1.82, 2.24) is 0 Å². The minimum Gasteiger partial charge on any atom is -0.402 e. The Labute approximate surface area is 147 Å². The quantitative estimate of drug-likeness (QED) is 0.550. The molecule has 0 N–H and O–H groups in total. The molecule has 0 radical (unpaired) electrons.